The molecule has 1 N–H and O–H groups in total. The van der Waals surface area contributed by atoms with Crippen molar-refractivity contribution in [3.05, 3.63) is 41.5 Å². The van der Waals surface area contributed by atoms with Crippen LogP contribution in [-0.4, -0.2) is 19.8 Å². The first-order valence-corrected chi connectivity index (χ1v) is 5.41. The first-order chi connectivity index (χ1) is 7.34. The number of hydrogen-bond donors (Lipinski definition) is 1. The van der Waals surface area contributed by atoms with Crippen LogP contribution in [0.1, 0.15) is 12.0 Å². The van der Waals surface area contributed by atoms with Crippen molar-refractivity contribution in [1.29, 1.82) is 0 Å². The van der Waals surface area contributed by atoms with Gasteiger partial charge in [0.15, 0.2) is 0 Å². The molecule has 0 spiro atoms. The fraction of sp³-hybridized carbons (Fsp3) is 0.385. The maximum absolute atomic E-state index is 5.38. The molecule has 1 heterocycles. The van der Waals surface area contributed by atoms with Gasteiger partial charge in [-0.15, -0.1) is 0 Å². The van der Waals surface area contributed by atoms with E-state index in [-0.39, 0.29) is 0 Å². The molecular formula is C13H17NO. The summed E-state index contributed by atoms with van der Waals surface area (Å²) in [6.07, 6.45) is 3.32. The van der Waals surface area contributed by atoms with E-state index < -0.39 is 0 Å². The molecule has 2 rings (SSSR count). The van der Waals surface area contributed by atoms with Crippen molar-refractivity contribution in [3.63, 3.8) is 0 Å². The maximum Gasteiger partial charge on any atom is 0.0693 e. The van der Waals surface area contributed by atoms with Gasteiger partial charge in [0.1, 0.15) is 0 Å². The van der Waals surface area contributed by atoms with Crippen LogP contribution in [0.25, 0.3) is 0 Å². The largest absolute Gasteiger partial charge is 0.381 e. The highest BCUT2D eigenvalue weighted by Crippen LogP contribution is 2.11. The Balaban J connectivity index is 1.87. The Kier molecular flexibility index (Phi) is 3.41. The van der Waals surface area contributed by atoms with Crippen molar-refractivity contribution >= 4 is 5.69 Å². The summed E-state index contributed by atoms with van der Waals surface area (Å²) in [7, 11) is 0. The molecule has 0 saturated heterocycles. The fourth-order valence-electron chi connectivity index (χ4n) is 1.62. The number of aryl methyl sites for hydroxylation is 1. The lowest BCUT2D eigenvalue weighted by Crippen LogP contribution is -2.13. The van der Waals surface area contributed by atoms with E-state index in [1.807, 2.05) is 0 Å². The quantitative estimate of drug-likeness (QED) is 0.763. The molecule has 0 saturated carbocycles. The van der Waals surface area contributed by atoms with Crippen molar-refractivity contribution in [3.8, 4) is 0 Å². The smallest absolute Gasteiger partial charge is 0.0693 e. The lowest BCUT2D eigenvalue weighted by Gasteiger charge is -2.14. The van der Waals surface area contributed by atoms with Gasteiger partial charge in [0.05, 0.1) is 13.2 Å². The van der Waals surface area contributed by atoms with Gasteiger partial charge in [0.25, 0.3) is 0 Å². The second kappa shape index (κ2) is 4.99. The second-order valence-corrected chi connectivity index (χ2v) is 3.92. The van der Waals surface area contributed by atoms with Crippen LogP contribution >= 0.6 is 0 Å². The van der Waals surface area contributed by atoms with Gasteiger partial charge in [-0.1, -0.05) is 23.8 Å². The van der Waals surface area contributed by atoms with Crippen LogP contribution in [0.15, 0.2) is 35.9 Å². The van der Waals surface area contributed by atoms with Gasteiger partial charge in [0, 0.05) is 12.2 Å². The van der Waals surface area contributed by atoms with Crippen LogP contribution in [0, 0.1) is 6.92 Å². The van der Waals surface area contributed by atoms with Gasteiger partial charge in [-0.2, -0.15) is 0 Å². The number of anilines is 1. The molecule has 1 aromatic rings. The molecular weight excluding hydrogens is 186 g/mol. The van der Waals surface area contributed by atoms with E-state index >= 15 is 0 Å². The first-order valence-electron chi connectivity index (χ1n) is 5.41. The number of benzene rings is 1. The van der Waals surface area contributed by atoms with Crippen LogP contribution < -0.4 is 5.32 Å². The molecule has 15 heavy (non-hydrogen) atoms. The van der Waals surface area contributed by atoms with Crippen LogP contribution in [0.4, 0.5) is 5.69 Å². The maximum atomic E-state index is 5.38. The van der Waals surface area contributed by atoms with Crippen molar-refractivity contribution in [2.45, 2.75) is 13.3 Å². The molecule has 0 unspecified atom stereocenters. The highest BCUT2D eigenvalue weighted by atomic mass is 16.5. The normalized spacial score (nSPS) is 15.9. The van der Waals surface area contributed by atoms with E-state index in [0.717, 1.165) is 26.2 Å². The van der Waals surface area contributed by atoms with Crippen molar-refractivity contribution in [2.24, 2.45) is 0 Å². The van der Waals surface area contributed by atoms with Gasteiger partial charge in [-0.05, 0) is 31.1 Å². The molecule has 0 fully saturated rings. The average molecular weight is 203 g/mol. The zero-order valence-electron chi connectivity index (χ0n) is 9.12. The van der Waals surface area contributed by atoms with Crippen LogP contribution in [0.3, 0.4) is 0 Å². The Hall–Kier alpha value is -1.28. The predicted octanol–water partition coefficient (Wildman–Crippen LogP) is 2.75. The van der Waals surface area contributed by atoms with E-state index in [1.165, 1.54) is 16.8 Å². The van der Waals surface area contributed by atoms with E-state index in [2.05, 4.69) is 42.6 Å². The van der Waals surface area contributed by atoms with Gasteiger partial charge >= 0.3 is 0 Å². The average Bonchev–Trinajstić information content (AvgIpc) is 2.30. The Morgan fingerprint density at radius 1 is 1.27 bits per heavy atom. The summed E-state index contributed by atoms with van der Waals surface area (Å²) in [5.41, 5.74) is 3.81. The van der Waals surface area contributed by atoms with Gasteiger partial charge in [-0.3, -0.25) is 0 Å². The summed E-state index contributed by atoms with van der Waals surface area (Å²) in [4.78, 5) is 0. The minimum absolute atomic E-state index is 0.777. The highest BCUT2D eigenvalue weighted by Gasteiger charge is 2.02. The molecule has 2 nitrogen and oxygen atoms in total. The molecule has 0 amide bonds. The highest BCUT2D eigenvalue weighted by molar-refractivity contribution is 5.45. The fourth-order valence-corrected chi connectivity index (χ4v) is 1.62. The lowest BCUT2D eigenvalue weighted by atomic mass is 10.2. The number of rotatable bonds is 3. The summed E-state index contributed by atoms with van der Waals surface area (Å²) in [5.74, 6) is 0. The number of nitrogens with one attached hydrogen (secondary N) is 1. The summed E-state index contributed by atoms with van der Waals surface area (Å²) >= 11 is 0. The molecule has 0 radical (unpaired) electrons. The third-order valence-electron chi connectivity index (χ3n) is 2.55. The van der Waals surface area contributed by atoms with Crippen molar-refractivity contribution < 1.29 is 4.74 Å². The molecule has 0 bridgehead atoms. The van der Waals surface area contributed by atoms with Gasteiger partial charge in [-0.25, -0.2) is 0 Å². The van der Waals surface area contributed by atoms with E-state index in [1.54, 1.807) is 0 Å². The lowest BCUT2D eigenvalue weighted by molar-refractivity contribution is 0.150. The first kappa shape index (κ1) is 10.2. The number of hydrogen-bond acceptors (Lipinski definition) is 2. The third kappa shape index (κ3) is 3.10. The molecule has 1 aromatic carbocycles. The standard InChI is InChI=1S/C13H17NO/c1-11-4-6-13(7-5-11)14-9-12-3-2-8-15-10-12/h3-7,14H,2,8-10H2,1H3. The Morgan fingerprint density at radius 2 is 2.07 bits per heavy atom. The van der Waals surface area contributed by atoms with Gasteiger partial charge in [0.2, 0.25) is 0 Å². The number of ether oxygens (including phenoxy) is 1. The molecule has 0 aromatic heterocycles. The van der Waals surface area contributed by atoms with Crippen LogP contribution in [0.5, 0.6) is 0 Å². The van der Waals surface area contributed by atoms with E-state index in [0.29, 0.717) is 0 Å². The molecule has 80 valence electrons. The molecule has 0 atom stereocenters. The summed E-state index contributed by atoms with van der Waals surface area (Å²) in [5, 5.41) is 3.39. The van der Waals surface area contributed by atoms with Gasteiger partial charge < -0.3 is 10.1 Å². The second-order valence-electron chi connectivity index (χ2n) is 3.92. The Labute approximate surface area is 91.0 Å². The monoisotopic (exact) mass is 203 g/mol. The van der Waals surface area contributed by atoms with Crippen molar-refractivity contribution in [2.75, 3.05) is 25.1 Å². The minimum Gasteiger partial charge on any atom is -0.381 e. The van der Waals surface area contributed by atoms with Crippen LogP contribution in [0.2, 0.25) is 0 Å². The van der Waals surface area contributed by atoms with Crippen LogP contribution in [-0.2, 0) is 4.74 Å². The zero-order chi connectivity index (χ0) is 10.5. The molecule has 1 aliphatic heterocycles. The van der Waals surface area contributed by atoms with E-state index in [9.17, 15) is 0 Å². The predicted molar refractivity (Wildman–Crippen MR) is 63.2 cm³/mol. The minimum atomic E-state index is 0.777. The third-order valence-corrected chi connectivity index (χ3v) is 2.55. The molecule has 1 aliphatic rings. The summed E-state index contributed by atoms with van der Waals surface area (Å²) < 4.78 is 5.38. The summed E-state index contributed by atoms with van der Waals surface area (Å²) in [6, 6.07) is 8.46. The zero-order valence-corrected chi connectivity index (χ0v) is 9.12. The Morgan fingerprint density at radius 3 is 2.73 bits per heavy atom. The van der Waals surface area contributed by atoms with Crippen molar-refractivity contribution in [1.82, 2.24) is 0 Å². The molecule has 2 heteroatoms. The molecule has 0 aliphatic carbocycles. The summed E-state index contributed by atoms with van der Waals surface area (Å²) in [6.45, 7) is 4.64. The SMILES string of the molecule is Cc1ccc(NCC2=CCCOC2)cc1. The topological polar surface area (TPSA) is 21.3 Å². The van der Waals surface area contributed by atoms with E-state index in [4.69, 9.17) is 4.74 Å². The Bertz CT molecular complexity index is 340.